The first-order valence-electron chi connectivity index (χ1n) is 23.3. The Morgan fingerprint density at radius 3 is 2.00 bits per heavy atom. The monoisotopic (exact) mass is 719 g/mol. The minimum absolute atomic E-state index is 0.0754. The highest BCUT2D eigenvalue weighted by molar-refractivity contribution is 5.69. The van der Waals surface area contributed by atoms with Gasteiger partial charge in [0.25, 0.3) is 0 Å². The second-order valence-electron chi connectivity index (χ2n) is 20.8. The summed E-state index contributed by atoms with van der Waals surface area (Å²) in [5.74, 6) is 4.06. The molecule has 5 fully saturated rings. The van der Waals surface area contributed by atoms with E-state index >= 15 is 0 Å². The largest absolute Gasteiger partial charge is 0.462 e. The molecule has 5 aliphatic rings. The Bertz CT molecular complexity index is 1200. The summed E-state index contributed by atoms with van der Waals surface area (Å²) >= 11 is 0. The van der Waals surface area contributed by atoms with Crippen LogP contribution in [0.2, 0.25) is 0 Å². The van der Waals surface area contributed by atoms with Gasteiger partial charge in [-0.25, -0.2) is 0 Å². The first-order chi connectivity index (χ1) is 24.8. The van der Waals surface area contributed by atoms with Gasteiger partial charge in [-0.15, -0.1) is 0 Å². The van der Waals surface area contributed by atoms with E-state index in [-0.39, 0.29) is 17.5 Å². The van der Waals surface area contributed by atoms with Gasteiger partial charge in [-0.05, 0) is 167 Å². The molecule has 10 atom stereocenters. The summed E-state index contributed by atoms with van der Waals surface area (Å²) in [6.07, 6.45) is 38.6. The fourth-order valence-corrected chi connectivity index (χ4v) is 14.5. The Morgan fingerprint density at radius 2 is 1.35 bits per heavy atom. The van der Waals surface area contributed by atoms with Crippen molar-refractivity contribution in [3.8, 4) is 0 Å². The molecule has 2 spiro atoms. The molecule has 0 amide bonds. The molecule has 2 heteroatoms. The fourth-order valence-electron chi connectivity index (χ4n) is 14.5. The topological polar surface area (TPSA) is 26.3 Å². The van der Waals surface area contributed by atoms with E-state index in [1.165, 1.54) is 147 Å². The van der Waals surface area contributed by atoms with Crippen molar-refractivity contribution < 1.29 is 9.53 Å². The van der Waals surface area contributed by atoms with Crippen molar-refractivity contribution in [1.29, 1.82) is 0 Å². The number of unbranched alkanes of at least 4 members (excludes halogenated alkanes) is 11. The average Bonchev–Trinajstić information content (AvgIpc) is 3.69. The zero-order chi connectivity index (χ0) is 37.6. The predicted octanol–water partition coefficient (Wildman–Crippen LogP) is 15.4. The van der Waals surface area contributed by atoms with Crippen molar-refractivity contribution in [3.63, 3.8) is 0 Å². The van der Waals surface area contributed by atoms with Crippen LogP contribution < -0.4 is 0 Å². The molecule has 0 unspecified atom stereocenters. The quantitative estimate of drug-likeness (QED) is 0.0633. The number of rotatable bonds is 22. The molecule has 2 nitrogen and oxygen atoms in total. The number of allylic oxidation sites excluding steroid dienone is 3. The van der Waals surface area contributed by atoms with Crippen LogP contribution in [-0.2, 0) is 9.53 Å². The minimum atomic E-state index is 0.0754. The van der Waals surface area contributed by atoms with Crippen molar-refractivity contribution >= 4 is 5.97 Å². The summed E-state index contributed by atoms with van der Waals surface area (Å²) in [6, 6.07) is 0. The highest BCUT2D eigenvalue weighted by atomic mass is 16.5. The second kappa shape index (κ2) is 17.8. The molecule has 0 aromatic rings. The molecular weight excluding hydrogens is 633 g/mol. The molecule has 52 heavy (non-hydrogen) atoms. The standard InChI is InChI=1S/C50H86O2/c1-10-12-13-14-15-16-17-18-19-20-21-22-23-24-25-26-45(51)52-44-32-34-49-37-50(49)36-35-47(8)41(39(5)27-28-40(11-2)38(3)4)31-33-48(47,9)43(50)30-29-42(49)46(44,6)7/h18-19,39-44H,3,10-17,20-37H2,1-2,4-9H3/b19-18-/t39-,40-,41-,42+,43+,44+,47-,48+,49-,50+/m1/s1. The van der Waals surface area contributed by atoms with Gasteiger partial charge in [0.15, 0.2) is 0 Å². The Labute approximate surface area is 323 Å². The Kier molecular flexibility index (Phi) is 14.4. The molecule has 5 rings (SSSR count). The van der Waals surface area contributed by atoms with E-state index in [0.29, 0.717) is 39.9 Å². The van der Waals surface area contributed by atoms with Crippen LogP contribution in [0.4, 0.5) is 0 Å². The van der Waals surface area contributed by atoms with E-state index in [1.54, 1.807) is 0 Å². The van der Waals surface area contributed by atoms with Crippen molar-refractivity contribution in [3.05, 3.63) is 24.3 Å². The third-order valence-corrected chi connectivity index (χ3v) is 17.9. The number of hydrogen-bond donors (Lipinski definition) is 0. The summed E-state index contributed by atoms with van der Waals surface area (Å²) in [6.45, 7) is 24.3. The zero-order valence-electron chi connectivity index (χ0n) is 36.0. The molecular formula is C50H86O2. The molecule has 5 aliphatic carbocycles. The number of carbonyl (C=O) groups is 1. The second-order valence-corrected chi connectivity index (χ2v) is 20.8. The maximum Gasteiger partial charge on any atom is 0.306 e. The summed E-state index contributed by atoms with van der Waals surface area (Å²) in [7, 11) is 0. The minimum Gasteiger partial charge on any atom is -0.462 e. The lowest BCUT2D eigenvalue weighted by molar-refractivity contribution is -0.183. The molecule has 0 aromatic heterocycles. The van der Waals surface area contributed by atoms with E-state index in [2.05, 4.69) is 74.1 Å². The molecule has 0 aromatic carbocycles. The van der Waals surface area contributed by atoms with Crippen LogP contribution in [0.25, 0.3) is 0 Å². The van der Waals surface area contributed by atoms with Gasteiger partial charge >= 0.3 is 5.97 Å². The van der Waals surface area contributed by atoms with Crippen LogP contribution in [0.15, 0.2) is 24.3 Å². The van der Waals surface area contributed by atoms with Gasteiger partial charge in [-0.2, -0.15) is 0 Å². The lowest BCUT2D eigenvalue weighted by Gasteiger charge is -2.63. The zero-order valence-corrected chi connectivity index (χ0v) is 36.0. The third-order valence-electron chi connectivity index (χ3n) is 17.9. The van der Waals surface area contributed by atoms with Crippen molar-refractivity contribution in [2.45, 2.75) is 228 Å². The number of hydrogen-bond acceptors (Lipinski definition) is 2. The van der Waals surface area contributed by atoms with Gasteiger partial charge in [0.05, 0.1) is 0 Å². The van der Waals surface area contributed by atoms with Gasteiger partial charge in [-0.3, -0.25) is 4.79 Å². The summed E-state index contributed by atoms with van der Waals surface area (Å²) < 4.78 is 6.43. The molecule has 0 saturated heterocycles. The molecule has 0 heterocycles. The van der Waals surface area contributed by atoms with Crippen molar-refractivity contribution in [2.24, 2.45) is 56.7 Å². The van der Waals surface area contributed by atoms with Gasteiger partial charge in [0, 0.05) is 11.8 Å². The van der Waals surface area contributed by atoms with Gasteiger partial charge in [-0.1, -0.05) is 124 Å². The maximum atomic E-state index is 13.2. The Balaban J connectivity index is 1.05. The van der Waals surface area contributed by atoms with E-state index in [0.717, 1.165) is 37.0 Å². The highest BCUT2D eigenvalue weighted by Crippen LogP contribution is 2.89. The van der Waals surface area contributed by atoms with Crippen LogP contribution in [0, 0.1) is 56.7 Å². The van der Waals surface area contributed by atoms with Crippen LogP contribution >= 0.6 is 0 Å². The lowest BCUT2D eigenvalue weighted by atomic mass is 9.41. The van der Waals surface area contributed by atoms with Gasteiger partial charge < -0.3 is 4.74 Å². The fraction of sp³-hybridized carbons (Fsp3) is 0.900. The predicted molar refractivity (Wildman–Crippen MR) is 223 cm³/mol. The maximum absolute atomic E-state index is 13.2. The van der Waals surface area contributed by atoms with Gasteiger partial charge in [0.2, 0.25) is 0 Å². The van der Waals surface area contributed by atoms with E-state index < -0.39 is 0 Å². The molecule has 298 valence electrons. The van der Waals surface area contributed by atoms with Crippen LogP contribution in [0.1, 0.15) is 222 Å². The average molecular weight is 719 g/mol. The van der Waals surface area contributed by atoms with Gasteiger partial charge in [0.1, 0.15) is 6.10 Å². The SMILES string of the molecule is C=C(C)[C@H](CC)CC[C@@H](C)[C@H]1CC[C@@]2(C)[C@@H]3CC[C@H]4C(C)(C)[C@@H](OC(=O)CCCCCCC/C=C\CCCCCCCC)CC[C@@]45C[C@@]35CC[C@]12C. The normalized spacial score (nSPS) is 37.1. The Hall–Kier alpha value is -1.05. The Morgan fingerprint density at radius 1 is 0.731 bits per heavy atom. The summed E-state index contributed by atoms with van der Waals surface area (Å²) in [4.78, 5) is 13.2. The van der Waals surface area contributed by atoms with E-state index in [1.807, 2.05) is 0 Å². The molecule has 0 bridgehead atoms. The first kappa shape index (κ1) is 42.1. The van der Waals surface area contributed by atoms with Crippen LogP contribution in [-0.4, -0.2) is 12.1 Å². The number of carbonyl (C=O) groups excluding carboxylic acids is 1. The van der Waals surface area contributed by atoms with Crippen molar-refractivity contribution in [2.75, 3.05) is 0 Å². The highest BCUT2D eigenvalue weighted by Gasteiger charge is 2.82. The molecule has 0 radical (unpaired) electrons. The van der Waals surface area contributed by atoms with E-state index in [4.69, 9.17) is 4.74 Å². The molecule has 0 aliphatic heterocycles. The summed E-state index contributed by atoms with van der Waals surface area (Å²) in [5.41, 5.74) is 3.50. The number of ether oxygens (including phenoxy) is 1. The molecule has 0 N–H and O–H groups in total. The third kappa shape index (κ3) is 8.23. The summed E-state index contributed by atoms with van der Waals surface area (Å²) in [5, 5.41) is 0. The van der Waals surface area contributed by atoms with Crippen molar-refractivity contribution in [1.82, 2.24) is 0 Å². The molecule has 5 saturated carbocycles. The van der Waals surface area contributed by atoms with E-state index in [9.17, 15) is 4.79 Å². The smallest absolute Gasteiger partial charge is 0.306 e. The van der Waals surface area contributed by atoms with Crippen LogP contribution in [0.3, 0.4) is 0 Å². The van der Waals surface area contributed by atoms with Crippen LogP contribution in [0.5, 0.6) is 0 Å². The first-order valence-corrected chi connectivity index (χ1v) is 23.3. The number of fused-ring (bicyclic) bond motifs is 2. The lowest BCUT2D eigenvalue weighted by Crippen LogP contribution is -2.58. The number of esters is 1.